The third-order valence-electron chi connectivity index (χ3n) is 4.58. The molecule has 0 saturated carbocycles. The minimum atomic E-state index is -0.0112. The lowest BCUT2D eigenvalue weighted by Crippen LogP contribution is -2.29. The number of hydrogen-bond donors (Lipinski definition) is 2. The highest BCUT2D eigenvalue weighted by atomic mass is 16.5. The van der Waals surface area contributed by atoms with E-state index in [1.165, 1.54) is 44.9 Å². The van der Waals surface area contributed by atoms with Crippen molar-refractivity contribution in [3.8, 4) is 0 Å². The van der Waals surface area contributed by atoms with Crippen molar-refractivity contribution < 1.29 is 14.3 Å². The molecule has 0 heterocycles. The Labute approximate surface area is 161 Å². The smallest absolute Gasteiger partial charge is 0.245 e. The van der Waals surface area contributed by atoms with Gasteiger partial charge in [-0.2, -0.15) is 0 Å². The van der Waals surface area contributed by atoms with Crippen LogP contribution in [-0.4, -0.2) is 38.1 Å². The molecular formula is C21H42N2O3. The van der Waals surface area contributed by atoms with Gasteiger partial charge >= 0.3 is 0 Å². The molecule has 1 atom stereocenters. The summed E-state index contributed by atoms with van der Waals surface area (Å²) in [4.78, 5) is 23.1. The molecule has 0 aromatic rings. The number of carbonyl (C=O) groups is 2. The molecule has 1 unspecified atom stereocenters. The zero-order valence-corrected chi connectivity index (χ0v) is 17.4. The average Bonchev–Trinajstić information content (AvgIpc) is 2.63. The van der Waals surface area contributed by atoms with Crippen LogP contribution in [0.2, 0.25) is 0 Å². The van der Waals surface area contributed by atoms with Gasteiger partial charge < -0.3 is 15.4 Å². The molecule has 0 spiro atoms. The van der Waals surface area contributed by atoms with E-state index in [1.54, 1.807) is 0 Å². The summed E-state index contributed by atoms with van der Waals surface area (Å²) < 4.78 is 5.05. The average molecular weight is 371 g/mol. The van der Waals surface area contributed by atoms with Gasteiger partial charge in [0.05, 0.1) is 0 Å². The summed E-state index contributed by atoms with van der Waals surface area (Å²) >= 11 is 0. The molecule has 0 aliphatic rings. The van der Waals surface area contributed by atoms with Crippen LogP contribution in [0.5, 0.6) is 0 Å². The molecule has 0 fully saturated rings. The highest BCUT2D eigenvalue weighted by Gasteiger charge is 2.10. The van der Waals surface area contributed by atoms with Gasteiger partial charge in [-0.05, 0) is 26.2 Å². The monoisotopic (exact) mass is 370 g/mol. The number of carbonyl (C=O) groups excluding carboxylic acids is 2. The molecule has 0 saturated heterocycles. The van der Waals surface area contributed by atoms with Crippen LogP contribution in [0.1, 0.15) is 91.4 Å². The highest BCUT2D eigenvalue weighted by Crippen LogP contribution is 2.09. The van der Waals surface area contributed by atoms with Crippen LogP contribution < -0.4 is 10.6 Å². The largest absolute Gasteiger partial charge is 0.372 e. The van der Waals surface area contributed by atoms with Crippen LogP contribution >= 0.6 is 0 Å². The van der Waals surface area contributed by atoms with E-state index < -0.39 is 0 Å². The third-order valence-corrected chi connectivity index (χ3v) is 4.58. The summed E-state index contributed by atoms with van der Waals surface area (Å²) in [7, 11) is 0. The van der Waals surface area contributed by atoms with Gasteiger partial charge in [0, 0.05) is 25.6 Å². The molecule has 154 valence electrons. The van der Waals surface area contributed by atoms with Crippen molar-refractivity contribution in [3.63, 3.8) is 0 Å². The van der Waals surface area contributed by atoms with E-state index in [0.29, 0.717) is 6.61 Å². The number of nitrogens with one attached hydrogen (secondary N) is 2. The van der Waals surface area contributed by atoms with Gasteiger partial charge in [0.1, 0.15) is 6.61 Å². The molecule has 0 aromatic carbocycles. The number of amides is 2. The van der Waals surface area contributed by atoms with Crippen molar-refractivity contribution in [1.29, 1.82) is 0 Å². The Kier molecular flexibility index (Phi) is 17.9. The Morgan fingerprint density at radius 3 is 1.81 bits per heavy atom. The first-order chi connectivity index (χ1) is 12.6. The molecule has 0 rings (SSSR count). The lowest BCUT2D eigenvalue weighted by Gasteiger charge is -2.10. The first-order valence-corrected chi connectivity index (χ1v) is 10.7. The van der Waals surface area contributed by atoms with E-state index >= 15 is 0 Å². The zero-order valence-electron chi connectivity index (χ0n) is 17.4. The van der Waals surface area contributed by atoms with Crippen molar-refractivity contribution in [2.75, 3.05) is 26.3 Å². The molecule has 2 N–H and O–H groups in total. The van der Waals surface area contributed by atoms with E-state index in [2.05, 4.69) is 17.6 Å². The Balaban J connectivity index is 3.22. The van der Waals surface area contributed by atoms with Gasteiger partial charge in [0.15, 0.2) is 0 Å². The Morgan fingerprint density at radius 2 is 1.31 bits per heavy atom. The normalized spacial score (nSPS) is 12.0. The molecular weight excluding hydrogens is 328 g/mol. The second-order valence-corrected chi connectivity index (χ2v) is 7.15. The summed E-state index contributed by atoms with van der Waals surface area (Å²) in [6, 6.07) is 0. The summed E-state index contributed by atoms with van der Waals surface area (Å²) in [5, 5.41) is 5.92. The van der Waals surface area contributed by atoms with Crippen molar-refractivity contribution in [2.45, 2.75) is 91.4 Å². The summed E-state index contributed by atoms with van der Waals surface area (Å²) in [6.07, 6.45) is 12.9. The van der Waals surface area contributed by atoms with Gasteiger partial charge in [0.2, 0.25) is 11.8 Å². The van der Waals surface area contributed by atoms with Gasteiger partial charge in [-0.3, -0.25) is 9.59 Å². The summed E-state index contributed by atoms with van der Waals surface area (Å²) in [5.74, 6) is 0.349. The fourth-order valence-electron chi connectivity index (χ4n) is 2.91. The molecule has 5 nitrogen and oxygen atoms in total. The molecule has 0 bridgehead atoms. The number of hydrogen-bond acceptors (Lipinski definition) is 3. The SMILES string of the molecule is CCCC(C)C(=O)NCCCCCCCCCCCNC(=O)COCC. The lowest BCUT2D eigenvalue weighted by atomic mass is 10.1. The molecule has 2 amide bonds. The van der Waals surface area contributed by atoms with E-state index in [4.69, 9.17) is 4.74 Å². The van der Waals surface area contributed by atoms with Crippen molar-refractivity contribution in [3.05, 3.63) is 0 Å². The minimum absolute atomic E-state index is 0.0112. The third kappa shape index (κ3) is 16.4. The number of unbranched alkanes of at least 4 members (excludes halogenated alkanes) is 8. The van der Waals surface area contributed by atoms with Crippen LogP contribution in [0.3, 0.4) is 0 Å². The number of rotatable bonds is 18. The van der Waals surface area contributed by atoms with Gasteiger partial charge in [-0.15, -0.1) is 0 Å². The van der Waals surface area contributed by atoms with Gasteiger partial charge in [0.25, 0.3) is 0 Å². The van der Waals surface area contributed by atoms with E-state index in [9.17, 15) is 9.59 Å². The predicted octanol–water partition coefficient (Wildman–Crippen LogP) is 4.20. The Hall–Kier alpha value is -1.10. The van der Waals surface area contributed by atoms with Crippen molar-refractivity contribution >= 4 is 11.8 Å². The van der Waals surface area contributed by atoms with Crippen LogP contribution in [0.15, 0.2) is 0 Å². The predicted molar refractivity (Wildman–Crippen MR) is 108 cm³/mol. The zero-order chi connectivity index (χ0) is 19.5. The van der Waals surface area contributed by atoms with E-state index in [1.807, 2.05) is 13.8 Å². The summed E-state index contributed by atoms with van der Waals surface area (Å²) in [5.41, 5.74) is 0. The fraction of sp³-hybridized carbons (Fsp3) is 0.905. The first-order valence-electron chi connectivity index (χ1n) is 10.7. The van der Waals surface area contributed by atoms with E-state index in [0.717, 1.165) is 38.8 Å². The van der Waals surface area contributed by atoms with Crippen LogP contribution in [0.25, 0.3) is 0 Å². The highest BCUT2D eigenvalue weighted by molar-refractivity contribution is 5.78. The Bertz CT molecular complexity index is 348. The van der Waals surface area contributed by atoms with Crippen LogP contribution in [0.4, 0.5) is 0 Å². The maximum absolute atomic E-state index is 11.8. The first kappa shape index (κ1) is 24.9. The molecule has 0 aliphatic heterocycles. The van der Waals surface area contributed by atoms with E-state index in [-0.39, 0.29) is 24.3 Å². The van der Waals surface area contributed by atoms with Crippen molar-refractivity contribution in [1.82, 2.24) is 10.6 Å². The second-order valence-electron chi connectivity index (χ2n) is 7.15. The van der Waals surface area contributed by atoms with Gasteiger partial charge in [-0.25, -0.2) is 0 Å². The maximum Gasteiger partial charge on any atom is 0.245 e. The number of ether oxygens (including phenoxy) is 1. The minimum Gasteiger partial charge on any atom is -0.372 e. The van der Waals surface area contributed by atoms with Crippen molar-refractivity contribution in [2.24, 2.45) is 5.92 Å². The summed E-state index contributed by atoms with van der Waals surface area (Å²) in [6.45, 7) is 8.36. The lowest BCUT2D eigenvalue weighted by molar-refractivity contribution is -0.125. The van der Waals surface area contributed by atoms with Gasteiger partial charge in [-0.1, -0.05) is 65.2 Å². The molecule has 0 aliphatic carbocycles. The molecule has 0 aromatic heterocycles. The molecule has 26 heavy (non-hydrogen) atoms. The topological polar surface area (TPSA) is 67.4 Å². The van der Waals surface area contributed by atoms with Crippen LogP contribution in [-0.2, 0) is 14.3 Å². The molecule has 5 heteroatoms. The standard InChI is InChI=1S/C21H42N2O3/c1-4-15-19(3)21(25)23-17-14-12-10-8-6-7-9-11-13-16-22-20(24)18-26-5-2/h19H,4-18H2,1-3H3,(H,22,24)(H,23,25). The van der Waals surface area contributed by atoms with Crippen LogP contribution in [0, 0.1) is 5.92 Å². The second kappa shape index (κ2) is 18.7. The molecule has 0 radical (unpaired) electrons. The maximum atomic E-state index is 11.8. The quantitative estimate of drug-likeness (QED) is 0.355. The Morgan fingerprint density at radius 1 is 0.808 bits per heavy atom. The fourth-order valence-corrected chi connectivity index (χ4v) is 2.91.